The van der Waals surface area contributed by atoms with Gasteiger partial charge in [-0.2, -0.15) is 0 Å². The molecule has 1 aliphatic rings. The van der Waals surface area contributed by atoms with Crippen molar-refractivity contribution in [1.82, 2.24) is 5.32 Å². The van der Waals surface area contributed by atoms with Crippen LogP contribution in [-0.4, -0.2) is 5.91 Å². The summed E-state index contributed by atoms with van der Waals surface area (Å²) in [6, 6.07) is 12.3. The lowest BCUT2D eigenvalue weighted by Gasteiger charge is -2.31. The van der Waals surface area contributed by atoms with Crippen LogP contribution in [0.1, 0.15) is 41.6 Å². The third kappa shape index (κ3) is 2.61. The molecule has 114 valence electrons. The molecule has 2 aromatic carbocycles. The SMILES string of the molecule is O=C(NC1(c2ccccc2F)CCCC1)c1ccccc1F. The average Bonchev–Trinajstić information content (AvgIpc) is 2.97. The van der Waals surface area contributed by atoms with E-state index in [-0.39, 0.29) is 11.4 Å². The molecular weight excluding hydrogens is 284 g/mol. The highest BCUT2D eigenvalue weighted by molar-refractivity contribution is 5.95. The van der Waals surface area contributed by atoms with Gasteiger partial charge in [0, 0.05) is 5.56 Å². The fourth-order valence-corrected chi connectivity index (χ4v) is 3.22. The molecule has 2 nitrogen and oxygen atoms in total. The molecule has 0 unspecified atom stereocenters. The topological polar surface area (TPSA) is 29.1 Å². The molecule has 0 bridgehead atoms. The van der Waals surface area contributed by atoms with Crippen molar-refractivity contribution in [3.63, 3.8) is 0 Å². The van der Waals surface area contributed by atoms with Crippen molar-refractivity contribution < 1.29 is 13.6 Å². The zero-order chi connectivity index (χ0) is 15.6. The normalized spacial score (nSPS) is 16.5. The summed E-state index contributed by atoms with van der Waals surface area (Å²) in [5.74, 6) is -1.40. The lowest BCUT2D eigenvalue weighted by atomic mass is 9.87. The van der Waals surface area contributed by atoms with Gasteiger partial charge in [-0.1, -0.05) is 43.2 Å². The Balaban J connectivity index is 1.95. The number of halogens is 2. The predicted molar refractivity (Wildman–Crippen MR) is 80.4 cm³/mol. The minimum absolute atomic E-state index is 0.00915. The molecule has 2 aromatic rings. The van der Waals surface area contributed by atoms with Crippen LogP contribution in [-0.2, 0) is 5.54 Å². The molecule has 0 aliphatic heterocycles. The Morgan fingerprint density at radius 2 is 1.50 bits per heavy atom. The van der Waals surface area contributed by atoms with Gasteiger partial charge in [-0.15, -0.1) is 0 Å². The van der Waals surface area contributed by atoms with Gasteiger partial charge >= 0.3 is 0 Å². The van der Waals surface area contributed by atoms with Crippen molar-refractivity contribution in [2.75, 3.05) is 0 Å². The van der Waals surface area contributed by atoms with Gasteiger partial charge in [0.1, 0.15) is 11.6 Å². The number of hydrogen-bond acceptors (Lipinski definition) is 1. The van der Waals surface area contributed by atoms with Gasteiger partial charge in [0.05, 0.1) is 11.1 Å². The van der Waals surface area contributed by atoms with Gasteiger partial charge < -0.3 is 5.32 Å². The minimum atomic E-state index is -0.745. The van der Waals surface area contributed by atoms with Crippen LogP contribution in [0, 0.1) is 11.6 Å². The third-order valence-electron chi connectivity index (χ3n) is 4.32. The molecule has 3 rings (SSSR count). The summed E-state index contributed by atoms with van der Waals surface area (Å²) in [6.45, 7) is 0. The van der Waals surface area contributed by atoms with E-state index in [2.05, 4.69) is 5.32 Å². The molecule has 1 saturated carbocycles. The van der Waals surface area contributed by atoms with E-state index in [4.69, 9.17) is 0 Å². The minimum Gasteiger partial charge on any atom is -0.342 e. The van der Waals surface area contributed by atoms with E-state index in [0.717, 1.165) is 12.8 Å². The van der Waals surface area contributed by atoms with Crippen molar-refractivity contribution in [2.24, 2.45) is 0 Å². The molecule has 1 amide bonds. The molecule has 1 N–H and O–H groups in total. The summed E-state index contributed by atoms with van der Waals surface area (Å²) < 4.78 is 28.0. The number of nitrogens with one attached hydrogen (secondary N) is 1. The van der Waals surface area contributed by atoms with Gasteiger partial charge in [-0.05, 0) is 31.0 Å². The molecule has 0 aromatic heterocycles. The summed E-state index contributed by atoms with van der Waals surface area (Å²) >= 11 is 0. The van der Waals surface area contributed by atoms with Crippen molar-refractivity contribution in [3.05, 3.63) is 71.3 Å². The summed E-state index contributed by atoms with van der Waals surface area (Å²) in [6.07, 6.45) is 3.14. The maximum Gasteiger partial charge on any atom is 0.254 e. The number of hydrogen-bond donors (Lipinski definition) is 1. The van der Waals surface area contributed by atoms with Gasteiger partial charge in [0.2, 0.25) is 0 Å². The summed E-state index contributed by atoms with van der Waals surface area (Å²) in [7, 11) is 0. The van der Waals surface area contributed by atoms with Crippen LogP contribution in [0.3, 0.4) is 0 Å². The maximum atomic E-state index is 14.2. The van der Waals surface area contributed by atoms with E-state index in [1.165, 1.54) is 24.3 Å². The molecule has 1 aliphatic carbocycles. The summed E-state index contributed by atoms with van der Waals surface area (Å²) in [4.78, 5) is 12.4. The smallest absolute Gasteiger partial charge is 0.254 e. The average molecular weight is 301 g/mol. The zero-order valence-electron chi connectivity index (χ0n) is 12.1. The van der Waals surface area contributed by atoms with Crippen molar-refractivity contribution >= 4 is 5.91 Å². The predicted octanol–water partition coefficient (Wildman–Crippen LogP) is 4.16. The monoisotopic (exact) mass is 301 g/mol. The van der Waals surface area contributed by atoms with E-state index < -0.39 is 17.3 Å². The first kappa shape index (κ1) is 14.7. The van der Waals surface area contributed by atoms with Gasteiger partial charge in [0.25, 0.3) is 5.91 Å². The van der Waals surface area contributed by atoms with Gasteiger partial charge in [-0.25, -0.2) is 8.78 Å². The Kier molecular flexibility index (Phi) is 3.92. The number of rotatable bonds is 3. The van der Waals surface area contributed by atoms with Crippen LogP contribution in [0.2, 0.25) is 0 Å². The highest BCUT2D eigenvalue weighted by Crippen LogP contribution is 2.40. The molecule has 0 radical (unpaired) electrons. The second-order valence-electron chi connectivity index (χ2n) is 5.70. The first-order chi connectivity index (χ1) is 10.6. The molecule has 0 saturated heterocycles. The molecule has 4 heteroatoms. The number of benzene rings is 2. The Hall–Kier alpha value is -2.23. The Morgan fingerprint density at radius 3 is 2.14 bits per heavy atom. The maximum absolute atomic E-state index is 14.2. The standard InChI is InChI=1S/C18H17F2NO/c19-15-9-3-1-7-13(15)17(22)21-18(11-5-6-12-18)14-8-2-4-10-16(14)20/h1-4,7-10H,5-6,11-12H2,(H,21,22). The summed E-state index contributed by atoms with van der Waals surface area (Å²) in [5.41, 5.74) is -0.271. The molecule has 1 fully saturated rings. The van der Waals surface area contributed by atoms with E-state index in [1.807, 2.05) is 0 Å². The van der Waals surface area contributed by atoms with Gasteiger partial charge in [-0.3, -0.25) is 4.79 Å². The van der Waals surface area contributed by atoms with Crippen molar-refractivity contribution in [3.8, 4) is 0 Å². The van der Waals surface area contributed by atoms with Crippen LogP contribution < -0.4 is 5.32 Å². The fourth-order valence-electron chi connectivity index (χ4n) is 3.22. The van der Waals surface area contributed by atoms with E-state index in [1.54, 1.807) is 24.3 Å². The second kappa shape index (κ2) is 5.87. The largest absolute Gasteiger partial charge is 0.342 e. The van der Waals surface area contributed by atoms with E-state index in [0.29, 0.717) is 18.4 Å². The zero-order valence-corrected chi connectivity index (χ0v) is 12.1. The van der Waals surface area contributed by atoms with Crippen LogP contribution in [0.25, 0.3) is 0 Å². The lowest BCUT2D eigenvalue weighted by molar-refractivity contribution is 0.0892. The molecule has 22 heavy (non-hydrogen) atoms. The highest BCUT2D eigenvalue weighted by atomic mass is 19.1. The first-order valence-electron chi connectivity index (χ1n) is 7.44. The third-order valence-corrected chi connectivity index (χ3v) is 4.32. The quantitative estimate of drug-likeness (QED) is 0.906. The van der Waals surface area contributed by atoms with E-state index in [9.17, 15) is 13.6 Å². The molecular formula is C18H17F2NO. The molecule has 0 atom stereocenters. The van der Waals surface area contributed by atoms with Crippen LogP contribution in [0.5, 0.6) is 0 Å². The van der Waals surface area contributed by atoms with Gasteiger partial charge in [0.15, 0.2) is 0 Å². The Morgan fingerprint density at radius 1 is 0.909 bits per heavy atom. The summed E-state index contributed by atoms with van der Waals surface area (Å²) in [5, 5.41) is 2.89. The molecule has 0 heterocycles. The van der Waals surface area contributed by atoms with Crippen molar-refractivity contribution in [2.45, 2.75) is 31.2 Å². The lowest BCUT2D eigenvalue weighted by Crippen LogP contribution is -2.44. The number of amides is 1. The fraction of sp³-hybridized carbons (Fsp3) is 0.278. The van der Waals surface area contributed by atoms with Crippen LogP contribution >= 0.6 is 0 Å². The number of carbonyl (C=O) groups excluding carboxylic acids is 1. The molecule has 0 spiro atoms. The Bertz CT molecular complexity index is 693. The van der Waals surface area contributed by atoms with Crippen molar-refractivity contribution in [1.29, 1.82) is 0 Å². The second-order valence-corrected chi connectivity index (χ2v) is 5.70. The van der Waals surface area contributed by atoms with Crippen LogP contribution in [0.15, 0.2) is 48.5 Å². The first-order valence-corrected chi connectivity index (χ1v) is 7.44. The highest BCUT2D eigenvalue weighted by Gasteiger charge is 2.39. The Labute approximate surface area is 128 Å². The van der Waals surface area contributed by atoms with Crippen LogP contribution in [0.4, 0.5) is 8.78 Å². The van der Waals surface area contributed by atoms with E-state index >= 15 is 0 Å². The number of carbonyl (C=O) groups is 1.